The Kier molecular flexibility index (Phi) is 2.14. The zero-order chi connectivity index (χ0) is 6.69. The zero-order valence-electron chi connectivity index (χ0n) is 4.71. The van der Waals surface area contributed by atoms with Gasteiger partial charge in [-0.3, -0.25) is 0 Å². The fraction of sp³-hybridized carbons (Fsp3) is 0. The third-order valence-corrected chi connectivity index (χ3v) is 1.23. The summed E-state index contributed by atoms with van der Waals surface area (Å²) in [5, 5.41) is 9.12. The van der Waals surface area contributed by atoms with Gasteiger partial charge in [-0.05, 0) is 12.1 Å². The largest absolute Gasteiger partial charge is 0.450 e. The zero-order valence-corrected chi connectivity index (χ0v) is 5.47. The maximum absolute atomic E-state index is 8.48. The smallest absolute Gasteiger partial charge is 0.326 e. The van der Waals surface area contributed by atoms with Crippen molar-refractivity contribution in [2.75, 3.05) is 0 Å². The van der Waals surface area contributed by atoms with Crippen molar-refractivity contribution in [1.82, 2.24) is 0 Å². The minimum absolute atomic E-state index is 0.637. The van der Waals surface area contributed by atoms with Crippen LogP contribution < -0.4 is 5.46 Å². The lowest BCUT2D eigenvalue weighted by Crippen LogP contribution is -2.11. The fourth-order valence-electron chi connectivity index (χ4n) is 0.587. The molecule has 1 N–H and O–H groups in total. The molecule has 9 heavy (non-hydrogen) atoms. The van der Waals surface area contributed by atoms with Crippen molar-refractivity contribution < 1.29 is 5.02 Å². The second-order valence-electron chi connectivity index (χ2n) is 1.68. The van der Waals surface area contributed by atoms with Crippen molar-refractivity contribution in [2.24, 2.45) is 0 Å². The summed E-state index contributed by atoms with van der Waals surface area (Å²) in [6.45, 7) is 0. The molecule has 45 valence electrons. The fourth-order valence-corrected chi connectivity index (χ4v) is 0.786. The molecular formula is C6H5BClO. The Morgan fingerprint density at radius 3 is 2.67 bits per heavy atom. The first-order valence-corrected chi connectivity index (χ1v) is 2.94. The van der Waals surface area contributed by atoms with Crippen LogP contribution in [0.2, 0.25) is 5.02 Å². The molecule has 0 heterocycles. The van der Waals surface area contributed by atoms with Gasteiger partial charge in [0.25, 0.3) is 0 Å². The van der Waals surface area contributed by atoms with Crippen LogP contribution in [-0.2, 0) is 0 Å². The quantitative estimate of drug-likeness (QED) is 0.564. The van der Waals surface area contributed by atoms with Crippen LogP contribution in [0.5, 0.6) is 0 Å². The van der Waals surface area contributed by atoms with Crippen LogP contribution in [-0.4, -0.2) is 12.5 Å². The number of halogens is 1. The Bertz CT molecular complexity index is 202. The maximum atomic E-state index is 8.48. The van der Waals surface area contributed by atoms with Crippen LogP contribution in [0.25, 0.3) is 0 Å². The summed E-state index contributed by atoms with van der Waals surface area (Å²) in [6.07, 6.45) is 0. The van der Waals surface area contributed by atoms with Gasteiger partial charge in [0, 0.05) is 5.02 Å². The normalized spacial score (nSPS) is 9.11. The molecule has 0 aliphatic carbocycles. The molecule has 0 saturated heterocycles. The van der Waals surface area contributed by atoms with E-state index in [1.807, 2.05) is 0 Å². The molecule has 0 aliphatic heterocycles. The third-order valence-electron chi connectivity index (χ3n) is 0.998. The molecule has 0 atom stereocenters. The van der Waals surface area contributed by atoms with E-state index in [0.29, 0.717) is 5.02 Å². The molecule has 0 bridgehead atoms. The predicted octanol–water partition coefficient (Wildman–Crippen LogP) is 0.577. The molecule has 0 fully saturated rings. The van der Waals surface area contributed by atoms with Gasteiger partial charge < -0.3 is 5.02 Å². The van der Waals surface area contributed by atoms with E-state index in [1.54, 1.807) is 24.3 Å². The minimum Gasteiger partial charge on any atom is -0.450 e. The van der Waals surface area contributed by atoms with Gasteiger partial charge in [-0.25, -0.2) is 0 Å². The van der Waals surface area contributed by atoms with E-state index in [2.05, 4.69) is 0 Å². The van der Waals surface area contributed by atoms with Gasteiger partial charge >= 0.3 is 7.48 Å². The summed E-state index contributed by atoms with van der Waals surface area (Å²) in [5.41, 5.74) is 0.725. The van der Waals surface area contributed by atoms with E-state index in [9.17, 15) is 0 Å². The highest BCUT2D eigenvalue weighted by molar-refractivity contribution is 6.46. The van der Waals surface area contributed by atoms with E-state index in [4.69, 9.17) is 16.6 Å². The van der Waals surface area contributed by atoms with Crippen LogP contribution in [0, 0.1) is 0 Å². The van der Waals surface area contributed by atoms with Crippen molar-refractivity contribution in [3.63, 3.8) is 0 Å². The molecular weight excluding hydrogens is 134 g/mol. The average molecular weight is 139 g/mol. The van der Waals surface area contributed by atoms with Crippen LogP contribution in [0.3, 0.4) is 0 Å². The van der Waals surface area contributed by atoms with Gasteiger partial charge in [-0.1, -0.05) is 29.2 Å². The van der Waals surface area contributed by atoms with E-state index >= 15 is 0 Å². The Labute approximate surface area is 59.6 Å². The molecule has 1 rings (SSSR count). The minimum atomic E-state index is 0.637. The van der Waals surface area contributed by atoms with Gasteiger partial charge in [0.15, 0.2) is 0 Å². The van der Waals surface area contributed by atoms with Crippen LogP contribution >= 0.6 is 11.6 Å². The number of hydrogen-bond acceptors (Lipinski definition) is 1. The van der Waals surface area contributed by atoms with E-state index in [-0.39, 0.29) is 0 Å². The number of hydrogen-bond donors (Lipinski definition) is 1. The lowest BCUT2D eigenvalue weighted by atomic mass is 9.89. The molecule has 3 heteroatoms. The first-order chi connectivity index (χ1) is 4.33. The van der Waals surface area contributed by atoms with E-state index < -0.39 is 0 Å². The molecule has 0 spiro atoms. The summed E-state index contributed by atoms with van der Waals surface area (Å²) in [5.74, 6) is 0. The molecule has 1 aromatic carbocycles. The molecule has 0 aromatic heterocycles. The standard InChI is InChI=1S/C6H5BClO/c8-6-3-1-2-5(4-6)7-9/h1-4,9H. The topological polar surface area (TPSA) is 20.2 Å². The summed E-state index contributed by atoms with van der Waals surface area (Å²) >= 11 is 5.59. The van der Waals surface area contributed by atoms with Gasteiger partial charge in [0.1, 0.15) is 0 Å². The molecule has 0 saturated carbocycles. The maximum Gasteiger partial charge on any atom is 0.326 e. The first kappa shape index (κ1) is 6.65. The van der Waals surface area contributed by atoms with Gasteiger partial charge in [0.2, 0.25) is 0 Å². The van der Waals surface area contributed by atoms with Crippen molar-refractivity contribution in [2.45, 2.75) is 0 Å². The van der Waals surface area contributed by atoms with Crippen LogP contribution in [0.15, 0.2) is 24.3 Å². The third kappa shape index (κ3) is 1.73. The van der Waals surface area contributed by atoms with Crippen molar-refractivity contribution >= 4 is 24.5 Å². The lowest BCUT2D eigenvalue weighted by molar-refractivity contribution is 0.615. The molecule has 0 aliphatic rings. The Balaban J connectivity index is 2.94. The van der Waals surface area contributed by atoms with Gasteiger partial charge in [0.05, 0.1) is 0 Å². The second kappa shape index (κ2) is 2.90. The number of benzene rings is 1. The molecule has 1 nitrogen and oxygen atoms in total. The Morgan fingerprint density at radius 2 is 2.22 bits per heavy atom. The van der Waals surface area contributed by atoms with Gasteiger partial charge in [-0.2, -0.15) is 0 Å². The summed E-state index contributed by atoms with van der Waals surface area (Å²) in [4.78, 5) is 0. The number of rotatable bonds is 1. The highest BCUT2D eigenvalue weighted by Gasteiger charge is 1.91. The summed E-state index contributed by atoms with van der Waals surface area (Å²) < 4.78 is 0. The van der Waals surface area contributed by atoms with E-state index in [0.717, 1.165) is 12.9 Å². The van der Waals surface area contributed by atoms with Crippen LogP contribution in [0.4, 0.5) is 0 Å². The summed E-state index contributed by atoms with van der Waals surface area (Å²) in [6, 6.07) is 6.99. The Morgan fingerprint density at radius 1 is 1.44 bits per heavy atom. The van der Waals surface area contributed by atoms with Crippen molar-refractivity contribution in [1.29, 1.82) is 0 Å². The average Bonchev–Trinajstić information content (AvgIpc) is 1.88. The molecule has 0 amide bonds. The van der Waals surface area contributed by atoms with Gasteiger partial charge in [-0.15, -0.1) is 0 Å². The SMILES string of the molecule is O[B]c1cccc(Cl)c1. The first-order valence-electron chi connectivity index (χ1n) is 2.56. The second-order valence-corrected chi connectivity index (χ2v) is 2.12. The predicted molar refractivity (Wildman–Crippen MR) is 39.1 cm³/mol. The highest BCUT2D eigenvalue weighted by Crippen LogP contribution is 2.02. The van der Waals surface area contributed by atoms with Crippen molar-refractivity contribution in [3.8, 4) is 0 Å². The lowest BCUT2D eigenvalue weighted by Gasteiger charge is -1.91. The monoisotopic (exact) mass is 139 g/mol. The van der Waals surface area contributed by atoms with E-state index in [1.165, 1.54) is 0 Å². The molecule has 1 aromatic rings. The van der Waals surface area contributed by atoms with Crippen LogP contribution in [0.1, 0.15) is 0 Å². The summed E-state index contributed by atoms with van der Waals surface area (Å²) in [7, 11) is 1.02. The molecule has 0 unspecified atom stereocenters. The highest BCUT2D eigenvalue weighted by atomic mass is 35.5. The molecule has 1 radical (unpaired) electrons. The van der Waals surface area contributed by atoms with Crippen molar-refractivity contribution in [3.05, 3.63) is 29.3 Å². The Hall–Kier alpha value is -0.465.